The van der Waals surface area contributed by atoms with E-state index in [4.69, 9.17) is 5.73 Å². The zero-order valence-electron chi connectivity index (χ0n) is 8.86. The molecule has 1 atom stereocenters. The summed E-state index contributed by atoms with van der Waals surface area (Å²) in [4.78, 5) is 21.5. The summed E-state index contributed by atoms with van der Waals surface area (Å²) in [6.07, 6.45) is 0.484. The van der Waals surface area contributed by atoms with Crippen LogP contribution in [-0.4, -0.2) is 41.1 Å². The maximum Gasteiger partial charge on any atom is 0.227 e. The molecule has 0 aromatic rings. The molecule has 0 rings (SSSR count). The van der Waals surface area contributed by atoms with Crippen molar-refractivity contribution in [3.05, 3.63) is 0 Å². The van der Waals surface area contributed by atoms with E-state index in [0.29, 0.717) is 18.6 Å². The van der Waals surface area contributed by atoms with Crippen molar-refractivity contribution in [2.45, 2.75) is 25.9 Å². The predicted octanol–water partition coefficient (Wildman–Crippen LogP) is -0.518. The number of thioether (sulfide) groups is 1. The number of amides is 2. The topological polar surface area (TPSA) is 92.4 Å². The molecule has 2 amide bonds. The summed E-state index contributed by atoms with van der Waals surface area (Å²) in [6.45, 7) is 2.13. The third-order valence-corrected chi connectivity index (χ3v) is 2.71. The Bertz CT molecular complexity index is 212. The average molecular weight is 234 g/mol. The number of carbonyl (C=O) groups is 2. The zero-order chi connectivity index (χ0) is 11.7. The quantitative estimate of drug-likeness (QED) is 0.493. The molecular weight excluding hydrogens is 216 g/mol. The van der Waals surface area contributed by atoms with Crippen molar-refractivity contribution < 1.29 is 14.7 Å². The van der Waals surface area contributed by atoms with Crippen LogP contribution in [0.25, 0.3) is 0 Å². The first kappa shape index (κ1) is 14.2. The molecule has 5 nitrogen and oxygen atoms in total. The van der Waals surface area contributed by atoms with Crippen LogP contribution in [0.5, 0.6) is 0 Å². The minimum Gasteiger partial charge on any atom is -0.391 e. The van der Waals surface area contributed by atoms with Crippen LogP contribution in [0.4, 0.5) is 0 Å². The van der Waals surface area contributed by atoms with Gasteiger partial charge in [0.15, 0.2) is 0 Å². The standard InChI is InChI=1S/C9H18N2O3S/c1-2-7(12)5-11-9(14)3-4-15-6-8(10)13/h7,12H,2-6H2,1H3,(H2,10,13)(H,11,14). The molecule has 1 unspecified atom stereocenters. The Morgan fingerprint density at radius 3 is 2.73 bits per heavy atom. The smallest absolute Gasteiger partial charge is 0.227 e. The normalized spacial score (nSPS) is 12.1. The molecule has 0 aromatic carbocycles. The lowest BCUT2D eigenvalue weighted by Crippen LogP contribution is -2.31. The van der Waals surface area contributed by atoms with Gasteiger partial charge in [0, 0.05) is 18.7 Å². The van der Waals surface area contributed by atoms with Gasteiger partial charge in [0.25, 0.3) is 0 Å². The average Bonchev–Trinajstić information content (AvgIpc) is 2.20. The number of nitrogens with two attached hydrogens (primary N) is 1. The highest BCUT2D eigenvalue weighted by Gasteiger charge is 2.05. The first-order valence-electron chi connectivity index (χ1n) is 4.87. The van der Waals surface area contributed by atoms with Crippen molar-refractivity contribution in [2.24, 2.45) is 5.73 Å². The van der Waals surface area contributed by atoms with Crippen LogP contribution in [0.2, 0.25) is 0 Å². The Hall–Kier alpha value is -0.750. The van der Waals surface area contributed by atoms with E-state index in [-0.39, 0.29) is 24.1 Å². The van der Waals surface area contributed by atoms with Crippen molar-refractivity contribution in [2.75, 3.05) is 18.1 Å². The highest BCUT2D eigenvalue weighted by atomic mass is 32.2. The molecule has 0 fully saturated rings. The van der Waals surface area contributed by atoms with E-state index in [2.05, 4.69) is 5.32 Å². The minimum atomic E-state index is -0.479. The zero-order valence-corrected chi connectivity index (χ0v) is 9.68. The van der Waals surface area contributed by atoms with Gasteiger partial charge in [0.2, 0.25) is 11.8 Å². The van der Waals surface area contributed by atoms with Crippen molar-refractivity contribution in [3.63, 3.8) is 0 Å². The van der Waals surface area contributed by atoms with Crippen molar-refractivity contribution >= 4 is 23.6 Å². The number of hydrogen-bond donors (Lipinski definition) is 3. The molecule has 0 aromatic heterocycles. The van der Waals surface area contributed by atoms with Crippen LogP contribution < -0.4 is 11.1 Å². The molecule has 0 aliphatic rings. The fourth-order valence-corrected chi connectivity index (χ4v) is 1.48. The van der Waals surface area contributed by atoms with Crippen LogP contribution in [-0.2, 0) is 9.59 Å². The maximum atomic E-state index is 11.2. The summed E-state index contributed by atoms with van der Waals surface area (Å²) in [5, 5.41) is 11.8. The summed E-state index contributed by atoms with van der Waals surface area (Å²) >= 11 is 1.33. The number of nitrogens with one attached hydrogen (secondary N) is 1. The van der Waals surface area contributed by atoms with E-state index in [0.717, 1.165) is 0 Å². The van der Waals surface area contributed by atoms with Crippen LogP contribution in [0.15, 0.2) is 0 Å². The molecule has 0 heterocycles. The lowest BCUT2D eigenvalue weighted by molar-refractivity contribution is -0.121. The van der Waals surface area contributed by atoms with Crippen LogP contribution in [0.3, 0.4) is 0 Å². The molecule has 6 heteroatoms. The first-order chi connectivity index (χ1) is 7.06. The summed E-state index contributed by atoms with van der Waals surface area (Å²) in [6, 6.07) is 0. The molecule has 0 aliphatic carbocycles. The number of aliphatic hydroxyl groups excluding tert-OH is 1. The Kier molecular flexibility index (Phi) is 8.12. The Morgan fingerprint density at radius 1 is 1.53 bits per heavy atom. The van der Waals surface area contributed by atoms with Gasteiger partial charge in [-0.15, -0.1) is 0 Å². The van der Waals surface area contributed by atoms with Crippen LogP contribution in [0.1, 0.15) is 19.8 Å². The minimum absolute atomic E-state index is 0.112. The fourth-order valence-electron chi connectivity index (χ4n) is 0.802. The monoisotopic (exact) mass is 234 g/mol. The Balaban J connectivity index is 3.37. The van der Waals surface area contributed by atoms with Gasteiger partial charge in [0.1, 0.15) is 0 Å². The van der Waals surface area contributed by atoms with Gasteiger partial charge in [-0.25, -0.2) is 0 Å². The van der Waals surface area contributed by atoms with Crippen molar-refractivity contribution in [3.8, 4) is 0 Å². The number of primary amides is 1. The van der Waals surface area contributed by atoms with Crippen LogP contribution >= 0.6 is 11.8 Å². The van der Waals surface area contributed by atoms with Crippen molar-refractivity contribution in [1.82, 2.24) is 5.32 Å². The predicted molar refractivity (Wildman–Crippen MR) is 60.4 cm³/mol. The summed E-state index contributed by atoms with van der Waals surface area (Å²) in [7, 11) is 0. The molecule has 0 saturated carbocycles. The van der Waals surface area contributed by atoms with Crippen LogP contribution in [0, 0.1) is 0 Å². The summed E-state index contributed by atoms with van der Waals surface area (Å²) < 4.78 is 0. The lowest BCUT2D eigenvalue weighted by atomic mass is 10.3. The van der Waals surface area contributed by atoms with E-state index in [1.54, 1.807) is 0 Å². The highest BCUT2D eigenvalue weighted by molar-refractivity contribution is 7.99. The summed E-state index contributed by atoms with van der Waals surface area (Å²) in [5.74, 6) is 0.322. The largest absolute Gasteiger partial charge is 0.391 e. The van der Waals surface area contributed by atoms with Gasteiger partial charge in [-0.2, -0.15) is 11.8 Å². The lowest BCUT2D eigenvalue weighted by Gasteiger charge is -2.08. The molecule has 0 saturated heterocycles. The number of rotatable bonds is 8. The maximum absolute atomic E-state index is 11.2. The molecule has 0 spiro atoms. The highest BCUT2D eigenvalue weighted by Crippen LogP contribution is 2.00. The molecular formula is C9H18N2O3S. The fraction of sp³-hybridized carbons (Fsp3) is 0.778. The van der Waals surface area contributed by atoms with E-state index in [9.17, 15) is 14.7 Å². The van der Waals surface area contributed by atoms with Crippen molar-refractivity contribution in [1.29, 1.82) is 0 Å². The van der Waals surface area contributed by atoms with Gasteiger partial charge >= 0.3 is 0 Å². The third-order valence-electron chi connectivity index (χ3n) is 1.72. The third kappa shape index (κ3) is 9.55. The molecule has 88 valence electrons. The second-order valence-electron chi connectivity index (χ2n) is 3.14. The van der Waals surface area contributed by atoms with Gasteiger partial charge in [0.05, 0.1) is 11.9 Å². The summed E-state index contributed by atoms with van der Waals surface area (Å²) in [5.41, 5.74) is 4.93. The van der Waals surface area contributed by atoms with E-state index >= 15 is 0 Å². The number of hydrogen-bond acceptors (Lipinski definition) is 4. The van der Waals surface area contributed by atoms with Gasteiger partial charge in [-0.3, -0.25) is 9.59 Å². The first-order valence-corrected chi connectivity index (χ1v) is 6.02. The van der Waals surface area contributed by atoms with E-state index in [1.165, 1.54) is 11.8 Å². The number of aliphatic hydroxyl groups is 1. The van der Waals surface area contributed by atoms with Gasteiger partial charge < -0.3 is 16.2 Å². The second kappa shape index (κ2) is 8.55. The van der Waals surface area contributed by atoms with E-state index in [1.807, 2.05) is 6.92 Å². The van der Waals surface area contributed by atoms with Gasteiger partial charge in [-0.05, 0) is 6.42 Å². The number of carbonyl (C=O) groups excluding carboxylic acids is 2. The molecule has 0 radical (unpaired) electrons. The van der Waals surface area contributed by atoms with Gasteiger partial charge in [-0.1, -0.05) is 6.92 Å². The Morgan fingerprint density at radius 2 is 2.20 bits per heavy atom. The second-order valence-corrected chi connectivity index (χ2v) is 4.24. The Labute approximate surface area is 93.8 Å². The van der Waals surface area contributed by atoms with E-state index < -0.39 is 6.10 Å². The molecule has 0 aliphatic heterocycles. The molecule has 4 N–H and O–H groups in total. The SMILES string of the molecule is CCC(O)CNC(=O)CCSCC(N)=O. The molecule has 15 heavy (non-hydrogen) atoms. The molecule has 0 bridgehead atoms.